The Hall–Kier alpha value is -1.13. The van der Waals surface area contributed by atoms with Crippen LogP contribution in [0.5, 0.6) is 0 Å². The van der Waals surface area contributed by atoms with E-state index in [1.54, 1.807) is 11.3 Å². The summed E-state index contributed by atoms with van der Waals surface area (Å²) in [6.07, 6.45) is 9.69. The number of carbonyl (C=O) groups excluding carboxylic acids is 1. The molecule has 0 saturated carbocycles. The van der Waals surface area contributed by atoms with E-state index < -0.39 is 0 Å². The van der Waals surface area contributed by atoms with Crippen molar-refractivity contribution in [2.45, 2.75) is 51.1 Å². The van der Waals surface area contributed by atoms with Crippen LogP contribution in [0.25, 0.3) is 0 Å². The third-order valence-corrected chi connectivity index (χ3v) is 4.86. The Morgan fingerprint density at radius 2 is 2.35 bits per heavy atom. The summed E-state index contributed by atoms with van der Waals surface area (Å²) in [5.74, 6) is 0.102. The third kappa shape index (κ3) is 3.70. The molecular weight excluding hydrogens is 268 g/mol. The molecule has 0 aliphatic heterocycles. The average Bonchev–Trinajstić information content (AvgIpc) is 2.76. The maximum Gasteiger partial charge on any atom is 0.242 e. The zero-order chi connectivity index (χ0) is 14.4. The highest BCUT2D eigenvalue weighted by atomic mass is 32.1. The summed E-state index contributed by atoms with van der Waals surface area (Å²) < 4.78 is 0. The number of likely N-dealkylation sites (N-methyl/N-ethyl adjacent to an activating group) is 1. The topological polar surface area (TPSA) is 41.1 Å². The second-order valence-electron chi connectivity index (χ2n) is 5.23. The fraction of sp³-hybridized carbons (Fsp3) is 0.562. The van der Waals surface area contributed by atoms with Crippen LogP contribution in [0.2, 0.25) is 0 Å². The van der Waals surface area contributed by atoms with Crippen molar-refractivity contribution in [3.63, 3.8) is 0 Å². The summed E-state index contributed by atoms with van der Waals surface area (Å²) in [5, 5.41) is 8.44. The van der Waals surface area contributed by atoms with Crippen LogP contribution in [0.15, 0.2) is 23.6 Å². The molecule has 0 saturated heterocycles. The summed E-state index contributed by atoms with van der Waals surface area (Å²) in [5.41, 5.74) is 1.27. The highest BCUT2D eigenvalue weighted by Crippen LogP contribution is 2.25. The monoisotopic (exact) mass is 292 g/mol. The summed E-state index contributed by atoms with van der Waals surface area (Å²) in [6.45, 7) is 2.13. The molecular formula is C16H24N2OS. The van der Waals surface area contributed by atoms with E-state index in [-0.39, 0.29) is 18.0 Å². The summed E-state index contributed by atoms with van der Waals surface area (Å²) in [6, 6.07) is 2.17. The molecule has 0 aromatic carbocycles. The smallest absolute Gasteiger partial charge is 0.242 e. The molecule has 3 nitrogen and oxygen atoms in total. The first kappa shape index (κ1) is 15.3. The molecule has 110 valence electrons. The Balaban J connectivity index is 2.03. The molecule has 0 fully saturated rings. The highest BCUT2D eigenvalue weighted by Gasteiger charge is 2.24. The first-order chi connectivity index (χ1) is 9.76. The molecule has 20 heavy (non-hydrogen) atoms. The Bertz CT molecular complexity index is 467. The van der Waals surface area contributed by atoms with Gasteiger partial charge >= 0.3 is 0 Å². The van der Waals surface area contributed by atoms with Gasteiger partial charge in [0.1, 0.15) is 6.04 Å². The van der Waals surface area contributed by atoms with E-state index in [1.807, 2.05) is 7.05 Å². The van der Waals surface area contributed by atoms with Crippen LogP contribution < -0.4 is 10.6 Å². The molecule has 1 aliphatic carbocycles. The zero-order valence-electron chi connectivity index (χ0n) is 12.3. The molecule has 4 heteroatoms. The van der Waals surface area contributed by atoms with Crippen molar-refractivity contribution in [2.24, 2.45) is 0 Å². The molecule has 1 aromatic heterocycles. The molecule has 2 atom stereocenters. The van der Waals surface area contributed by atoms with Gasteiger partial charge in [0, 0.05) is 10.9 Å². The van der Waals surface area contributed by atoms with E-state index in [0.29, 0.717) is 0 Å². The van der Waals surface area contributed by atoms with Crippen molar-refractivity contribution >= 4 is 17.2 Å². The quantitative estimate of drug-likeness (QED) is 0.818. The molecule has 2 N–H and O–H groups in total. The standard InChI is InChI=1S/C16H24N2OS/c1-3-12-10-11-20-15(12)14(17-2)16(19)18-13-8-6-4-5-7-9-13/h4,6,10-11,13-14,17H,3,5,7-9H2,1-2H3,(H,18,19). The average molecular weight is 292 g/mol. The number of thiophene rings is 1. The van der Waals surface area contributed by atoms with E-state index >= 15 is 0 Å². The fourth-order valence-electron chi connectivity index (χ4n) is 2.67. The molecule has 0 radical (unpaired) electrons. The summed E-state index contributed by atoms with van der Waals surface area (Å²) >= 11 is 1.66. The van der Waals surface area contributed by atoms with Crippen molar-refractivity contribution in [2.75, 3.05) is 7.05 Å². The number of rotatable bonds is 5. The van der Waals surface area contributed by atoms with Crippen LogP contribution in [0.4, 0.5) is 0 Å². The van der Waals surface area contributed by atoms with E-state index in [2.05, 4.69) is 41.2 Å². The van der Waals surface area contributed by atoms with Crippen molar-refractivity contribution in [3.05, 3.63) is 34.0 Å². The number of allylic oxidation sites excluding steroid dienone is 1. The lowest BCUT2D eigenvalue weighted by Gasteiger charge is -2.21. The second-order valence-corrected chi connectivity index (χ2v) is 6.18. The lowest BCUT2D eigenvalue weighted by Crippen LogP contribution is -2.41. The van der Waals surface area contributed by atoms with E-state index in [0.717, 1.165) is 37.0 Å². The molecule has 1 heterocycles. The lowest BCUT2D eigenvalue weighted by atomic mass is 10.1. The molecule has 0 bridgehead atoms. The van der Waals surface area contributed by atoms with Crippen molar-refractivity contribution in [1.29, 1.82) is 0 Å². The summed E-state index contributed by atoms with van der Waals surface area (Å²) in [4.78, 5) is 13.7. The largest absolute Gasteiger partial charge is 0.351 e. The lowest BCUT2D eigenvalue weighted by molar-refractivity contribution is -0.123. The van der Waals surface area contributed by atoms with Gasteiger partial charge in [0.25, 0.3) is 0 Å². The van der Waals surface area contributed by atoms with Gasteiger partial charge in [-0.1, -0.05) is 19.1 Å². The van der Waals surface area contributed by atoms with Gasteiger partial charge in [0.2, 0.25) is 5.91 Å². The van der Waals surface area contributed by atoms with Gasteiger partial charge in [-0.25, -0.2) is 0 Å². The van der Waals surface area contributed by atoms with Crippen LogP contribution in [0.3, 0.4) is 0 Å². The van der Waals surface area contributed by atoms with E-state index in [4.69, 9.17) is 0 Å². The fourth-order valence-corrected chi connectivity index (χ4v) is 3.77. The highest BCUT2D eigenvalue weighted by molar-refractivity contribution is 7.10. The molecule has 2 rings (SSSR count). The second kappa shape index (κ2) is 7.60. The van der Waals surface area contributed by atoms with Gasteiger partial charge in [0.15, 0.2) is 0 Å². The van der Waals surface area contributed by atoms with Gasteiger partial charge in [0.05, 0.1) is 0 Å². The molecule has 2 unspecified atom stereocenters. The van der Waals surface area contributed by atoms with Gasteiger partial charge in [-0.15, -0.1) is 11.3 Å². The molecule has 0 spiro atoms. The van der Waals surface area contributed by atoms with Crippen LogP contribution in [0, 0.1) is 0 Å². The van der Waals surface area contributed by atoms with Gasteiger partial charge in [-0.2, -0.15) is 0 Å². The van der Waals surface area contributed by atoms with Crippen LogP contribution in [-0.4, -0.2) is 19.0 Å². The van der Waals surface area contributed by atoms with Crippen LogP contribution in [0.1, 0.15) is 49.1 Å². The Morgan fingerprint density at radius 3 is 3.10 bits per heavy atom. The number of carbonyl (C=O) groups is 1. The first-order valence-electron chi connectivity index (χ1n) is 7.45. The number of aryl methyl sites for hydroxylation is 1. The zero-order valence-corrected chi connectivity index (χ0v) is 13.1. The van der Waals surface area contributed by atoms with Gasteiger partial charge in [-0.05, 0) is 56.2 Å². The Labute approximate surface area is 125 Å². The van der Waals surface area contributed by atoms with Gasteiger partial charge < -0.3 is 10.6 Å². The van der Waals surface area contributed by atoms with Crippen molar-refractivity contribution in [1.82, 2.24) is 10.6 Å². The third-order valence-electron chi connectivity index (χ3n) is 3.83. The molecule has 1 aliphatic rings. The maximum absolute atomic E-state index is 12.5. The minimum absolute atomic E-state index is 0.102. The van der Waals surface area contributed by atoms with Gasteiger partial charge in [-0.3, -0.25) is 4.79 Å². The Morgan fingerprint density at radius 1 is 1.50 bits per heavy atom. The van der Waals surface area contributed by atoms with Crippen molar-refractivity contribution in [3.8, 4) is 0 Å². The number of amides is 1. The van der Waals surface area contributed by atoms with Crippen LogP contribution >= 0.6 is 11.3 Å². The minimum atomic E-state index is -0.225. The number of hydrogen-bond donors (Lipinski definition) is 2. The van der Waals surface area contributed by atoms with Crippen LogP contribution in [-0.2, 0) is 11.2 Å². The Kier molecular flexibility index (Phi) is 5.80. The molecule has 1 aromatic rings. The number of hydrogen-bond acceptors (Lipinski definition) is 3. The van der Waals surface area contributed by atoms with E-state index in [9.17, 15) is 4.79 Å². The first-order valence-corrected chi connectivity index (χ1v) is 8.33. The molecule has 1 amide bonds. The SMILES string of the molecule is CCc1ccsc1C(NC)C(=O)NC1CC=CCCC1. The maximum atomic E-state index is 12.5. The normalized spacial score (nSPS) is 20.4. The summed E-state index contributed by atoms with van der Waals surface area (Å²) in [7, 11) is 1.86. The predicted octanol–water partition coefficient (Wildman–Crippen LogP) is 3.19. The number of nitrogens with one attached hydrogen (secondary N) is 2. The van der Waals surface area contributed by atoms with E-state index in [1.165, 1.54) is 5.56 Å². The minimum Gasteiger partial charge on any atom is -0.351 e. The predicted molar refractivity (Wildman–Crippen MR) is 85.0 cm³/mol. The van der Waals surface area contributed by atoms with Crippen molar-refractivity contribution < 1.29 is 4.79 Å².